The highest BCUT2D eigenvalue weighted by Gasteiger charge is 2.23. The Hall–Kier alpha value is -0.900. The van der Waals surface area contributed by atoms with Gasteiger partial charge in [0.25, 0.3) is 10.0 Å². The van der Waals surface area contributed by atoms with Crippen LogP contribution in [0.2, 0.25) is 0 Å². The van der Waals surface area contributed by atoms with Crippen molar-refractivity contribution in [1.29, 1.82) is 0 Å². The van der Waals surface area contributed by atoms with Crippen molar-refractivity contribution in [3.05, 3.63) is 39.3 Å². The molecule has 0 saturated carbocycles. The normalized spacial score (nSPS) is 11.5. The van der Waals surface area contributed by atoms with Crippen LogP contribution in [0.15, 0.2) is 42.9 Å². The van der Waals surface area contributed by atoms with Gasteiger partial charge in [-0.1, -0.05) is 0 Å². The predicted octanol–water partition coefficient (Wildman–Crippen LogP) is 2.46. The molecule has 19 heavy (non-hydrogen) atoms. The Labute approximate surface area is 126 Å². The van der Waals surface area contributed by atoms with Gasteiger partial charge in [0.15, 0.2) is 10.5 Å². The van der Waals surface area contributed by atoms with Crippen molar-refractivity contribution in [2.24, 2.45) is 5.73 Å². The Balaban J connectivity index is 2.38. The van der Waals surface area contributed by atoms with Gasteiger partial charge in [-0.25, -0.2) is 13.4 Å². The molecule has 2 aromatic rings. The second-order valence-electron chi connectivity index (χ2n) is 3.49. The van der Waals surface area contributed by atoms with Gasteiger partial charge in [-0.3, -0.25) is 4.72 Å². The number of hydrogen-bond donors (Lipinski definition) is 2. The van der Waals surface area contributed by atoms with Crippen LogP contribution >= 0.6 is 31.9 Å². The van der Waals surface area contributed by atoms with Crippen LogP contribution in [0.5, 0.6) is 0 Å². The molecule has 9 heteroatoms. The lowest BCUT2D eigenvalue weighted by Crippen LogP contribution is -2.14. The summed E-state index contributed by atoms with van der Waals surface area (Å²) in [7, 11) is -3.79. The minimum atomic E-state index is -3.79. The van der Waals surface area contributed by atoms with Crippen LogP contribution in [0.3, 0.4) is 0 Å². The Morgan fingerprint density at radius 1 is 1.42 bits per heavy atom. The van der Waals surface area contributed by atoms with Crippen molar-refractivity contribution in [1.82, 2.24) is 4.98 Å². The van der Waals surface area contributed by atoms with Gasteiger partial charge in [-0.05, 0) is 44.0 Å². The fourth-order valence-electron chi connectivity index (χ4n) is 1.32. The zero-order valence-corrected chi connectivity index (χ0v) is 13.4. The summed E-state index contributed by atoms with van der Waals surface area (Å²) in [6.45, 7) is 0.113. The molecule has 2 aromatic heterocycles. The number of furan rings is 1. The highest BCUT2D eigenvalue weighted by Crippen LogP contribution is 2.29. The van der Waals surface area contributed by atoms with Gasteiger partial charge in [0.2, 0.25) is 0 Å². The molecule has 6 nitrogen and oxygen atoms in total. The number of rotatable bonds is 4. The SMILES string of the molecule is NCc1cc(S(=O)(=O)Nc2ncccc2Br)c(Br)o1. The average Bonchev–Trinajstić information content (AvgIpc) is 2.74. The second-order valence-corrected chi connectivity index (χ2v) is 6.72. The number of halogens is 2. The van der Waals surface area contributed by atoms with Gasteiger partial charge >= 0.3 is 0 Å². The molecule has 102 valence electrons. The van der Waals surface area contributed by atoms with Gasteiger partial charge in [0.05, 0.1) is 11.0 Å². The van der Waals surface area contributed by atoms with Gasteiger partial charge in [0.1, 0.15) is 10.7 Å². The summed E-state index contributed by atoms with van der Waals surface area (Å²) in [5.41, 5.74) is 5.40. The average molecular weight is 411 g/mol. The number of anilines is 1. The van der Waals surface area contributed by atoms with Gasteiger partial charge in [0, 0.05) is 12.3 Å². The molecule has 0 aliphatic heterocycles. The number of nitrogens with one attached hydrogen (secondary N) is 1. The molecule has 0 radical (unpaired) electrons. The minimum absolute atomic E-state index is 0.0227. The highest BCUT2D eigenvalue weighted by atomic mass is 79.9. The largest absolute Gasteiger partial charge is 0.452 e. The number of hydrogen-bond acceptors (Lipinski definition) is 5. The number of aromatic nitrogens is 1. The monoisotopic (exact) mass is 409 g/mol. The summed E-state index contributed by atoms with van der Waals surface area (Å²) in [6.07, 6.45) is 1.48. The molecule has 0 aliphatic carbocycles. The van der Waals surface area contributed by atoms with Gasteiger partial charge in [-0.2, -0.15) is 0 Å². The lowest BCUT2D eigenvalue weighted by Gasteiger charge is -2.06. The number of nitrogens with zero attached hydrogens (tertiary/aromatic N) is 1. The summed E-state index contributed by atoms with van der Waals surface area (Å²) in [5.74, 6) is 0.567. The second kappa shape index (κ2) is 5.61. The first-order chi connectivity index (χ1) is 8.94. The van der Waals surface area contributed by atoms with E-state index in [1.807, 2.05) is 0 Å². The van der Waals surface area contributed by atoms with E-state index in [0.717, 1.165) is 0 Å². The third-order valence-electron chi connectivity index (χ3n) is 2.19. The van der Waals surface area contributed by atoms with Crippen LogP contribution in [0.4, 0.5) is 5.82 Å². The van der Waals surface area contributed by atoms with E-state index in [1.54, 1.807) is 12.1 Å². The van der Waals surface area contributed by atoms with Crippen LogP contribution in [0.1, 0.15) is 5.76 Å². The highest BCUT2D eigenvalue weighted by molar-refractivity contribution is 9.10. The molecule has 0 atom stereocenters. The molecular weight excluding hydrogens is 402 g/mol. The number of sulfonamides is 1. The van der Waals surface area contributed by atoms with E-state index in [-0.39, 0.29) is 21.9 Å². The Kier molecular flexibility index (Phi) is 4.29. The van der Waals surface area contributed by atoms with Crippen LogP contribution in [0.25, 0.3) is 0 Å². The molecule has 0 bridgehead atoms. The van der Waals surface area contributed by atoms with Gasteiger partial charge in [-0.15, -0.1) is 0 Å². The van der Waals surface area contributed by atoms with E-state index in [4.69, 9.17) is 10.2 Å². The predicted molar refractivity (Wildman–Crippen MR) is 77.0 cm³/mol. The van der Waals surface area contributed by atoms with E-state index < -0.39 is 10.0 Å². The van der Waals surface area contributed by atoms with Crippen molar-refractivity contribution < 1.29 is 12.8 Å². The summed E-state index contributed by atoms with van der Waals surface area (Å²) in [6, 6.07) is 4.73. The first-order valence-electron chi connectivity index (χ1n) is 5.05. The van der Waals surface area contributed by atoms with Gasteiger partial charge < -0.3 is 10.2 Å². The molecule has 2 heterocycles. The third-order valence-corrected chi connectivity index (χ3v) is 5.02. The zero-order valence-electron chi connectivity index (χ0n) is 9.43. The van der Waals surface area contributed by atoms with Crippen LogP contribution < -0.4 is 10.5 Å². The molecule has 0 spiro atoms. The molecule has 0 saturated heterocycles. The molecule has 0 amide bonds. The van der Waals surface area contributed by atoms with Crippen LogP contribution in [-0.4, -0.2) is 13.4 Å². The summed E-state index contributed by atoms with van der Waals surface area (Å²) >= 11 is 6.27. The molecular formula is C10H9Br2N3O3S. The van der Waals surface area contributed by atoms with E-state index in [2.05, 4.69) is 41.6 Å². The molecule has 0 unspecified atom stereocenters. The fraction of sp³-hybridized carbons (Fsp3) is 0.100. The zero-order chi connectivity index (χ0) is 14.0. The topological polar surface area (TPSA) is 98.2 Å². The Morgan fingerprint density at radius 2 is 2.16 bits per heavy atom. The molecule has 0 aromatic carbocycles. The van der Waals surface area contributed by atoms with E-state index >= 15 is 0 Å². The summed E-state index contributed by atoms with van der Waals surface area (Å²) < 4.78 is 32.6. The fourth-order valence-corrected chi connectivity index (χ4v) is 3.84. The minimum Gasteiger partial charge on any atom is -0.452 e. The molecule has 0 fully saturated rings. The first kappa shape index (κ1) is 14.5. The summed E-state index contributed by atoms with van der Waals surface area (Å²) in [4.78, 5) is 3.92. The molecule has 3 N–H and O–H groups in total. The van der Waals surface area contributed by atoms with Crippen molar-refractivity contribution >= 4 is 47.7 Å². The quantitative estimate of drug-likeness (QED) is 0.806. The van der Waals surface area contributed by atoms with Crippen LogP contribution in [0, 0.1) is 0 Å². The van der Waals surface area contributed by atoms with Crippen molar-refractivity contribution in [3.63, 3.8) is 0 Å². The maximum atomic E-state index is 12.2. The van der Waals surface area contributed by atoms with Crippen molar-refractivity contribution in [2.75, 3.05) is 4.72 Å². The maximum Gasteiger partial charge on any atom is 0.267 e. The Bertz CT molecular complexity index is 700. The van der Waals surface area contributed by atoms with E-state index in [9.17, 15) is 8.42 Å². The smallest absolute Gasteiger partial charge is 0.267 e. The third kappa shape index (κ3) is 3.16. The number of nitrogens with two attached hydrogens (primary N) is 1. The summed E-state index contributed by atoms with van der Waals surface area (Å²) in [5, 5.41) is 0. The van der Waals surface area contributed by atoms with E-state index in [1.165, 1.54) is 12.3 Å². The molecule has 0 aliphatic rings. The lowest BCUT2D eigenvalue weighted by molar-refractivity contribution is 0.484. The molecule has 2 rings (SSSR count). The number of pyridine rings is 1. The maximum absolute atomic E-state index is 12.2. The van der Waals surface area contributed by atoms with Crippen molar-refractivity contribution in [3.8, 4) is 0 Å². The van der Waals surface area contributed by atoms with Crippen molar-refractivity contribution in [2.45, 2.75) is 11.4 Å². The lowest BCUT2D eigenvalue weighted by atomic mass is 10.5. The standard InChI is InChI=1S/C10H9Br2N3O3S/c11-7-2-1-3-14-10(7)15-19(16,17)8-4-6(5-13)18-9(8)12/h1-4H,5,13H2,(H,14,15). The first-order valence-corrected chi connectivity index (χ1v) is 8.12. The van der Waals surface area contributed by atoms with Crippen LogP contribution in [-0.2, 0) is 16.6 Å². The van der Waals surface area contributed by atoms with E-state index in [0.29, 0.717) is 10.2 Å². The Morgan fingerprint density at radius 3 is 2.74 bits per heavy atom.